The third-order valence-corrected chi connectivity index (χ3v) is 2.71. The summed E-state index contributed by atoms with van der Waals surface area (Å²) in [4.78, 5) is 23.1. The standard InChI is InChI=1S/C13H25NO4/c1-6-8-9-13(7-2,10(15)16)14-11(17)18-12(3,4)5/h6-9H2,1-5H3,(H,14,17)(H,15,16). The number of hydrogen-bond donors (Lipinski definition) is 2. The van der Waals surface area contributed by atoms with Crippen LogP contribution in [0.2, 0.25) is 0 Å². The minimum absolute atomic E-state index is 0.335. The molecule has 1 amide bonds. The van der Waals surface area contributed by atoms with Crippen molar-refractivity contribution >= 4 is 12.1 Å². The van der Waals surface area contributed by atoms with Crippen LogP contribution in [0.25, 0.3) is 0 Å². The van der Waals surface area contributed by atoms with Crippen LogP contribution in [0.5, 0.6) is 0 Å². The van der Waals surface area contributed by atoms with E-state index in [0.29, 0.717) is 12.8 Å². The molecule has 0 aromatic rings. The molecule has 0 aromatic carbocycles. The molecule has 5 heteroatoms. The molecule has 106 valence electrons. The normalized spacial score (nSPS) is 14.7. The first kappa shape index (κ1) is 16.7. The van der Waals surface area contributed by atoms with E-state index in [-0.39, 0.29) is 0 Å². The Morgan fingerprint density at radius 2 is 1.78 bits per heavy atom. The van der Waals surface area contributed by atoms with Gasteiger partial charge in [-0.15, -0.1) is 0 Å². The molecule has 0 aliphatic heterocycles. The maximum Gasteiger partial charge on any atom is 0.408 e. The smallest absolute Gasteiger partial charge is 0.408 e. The van der Waals surface area contributed by atoms with Crippen LogP contribution in [0.15, 0.2) is 0 Å². The van der Waals surface area contributed by atoms with E-state index in [4.69, 9.17) is 4.74 Å². The molecule has 0 saturated carbocycles. The molecule has 0 aliphatic carbocycles. The summed E-state index contributed by atoms with van der Waals surface area (Å²) in [7, 11) is 0. The Morgan fingerprint density at radius 3 is 2.11 bits per heavy atom. The van der Waals surface area contributed by atoms with Gasteiger partial charge in [-0.2, -0.15) is 0 Å². The van der Waals surface area contributed by atoms with Crippen molar-refractivity contribution in [1.82, 2.24) is 5.32 Å². The summed E-state index contributed by atoms with van der Waals surface area (Å²) in [5.74, 6) is -1.01. The Kier molecular flexibility index (Phi) is 6.15. The number of carbonyl (C=O) groups excluding carboxylic acids is 1. The zero-order valence-corrected chi connectivity index (χ0v) is 12.0. The molecule has 0 heterocycles. The van der Waals surface area contributed by atoms with Crippen LogP contribution in [0.3, 0.4) is 0 Å². The molecule has 1 atom stereocenters. The van der Waals surface area contributed by atoms with Gasteiger partial charge in [0, 0.05) is 0 Å². The third-order valence-electron chi connectivity index (χ3n) is 2.71. The van der Waals surface area contributed by atoms with Crippen molar-refractivity contribution in [3.63, 3.8) is 0 Å². The molecule has 0 rings (SSSR count). The Balaban J connectivity index is 4.78. The van der Waals surface area contributed by atoms with Gasteiger partial charge in [0.1, 0.15) is 11.1 Å². The van der Waals surface area contributed by atoms with Gasteiger partial charge < -0.3 is 15.2 Å². The number of ether oxygens (including phenoxy) is 1. The lowest BCUT2D eigenvalue weighted by Gasteiger charge is -2.30. The first-order valence-electron chi connectivity index (χ1n) is 6.41. The maximum absolute atomic E-state index is 11.7. The second-order valence-corrected chi connectivity index (χ2v) is 5.47. The van der Waals surface area contributed by atoms with Gasteiger partial charge in [-0.05, 0) is 33.6 Å². The molecule has 0 radical (unpaired) electrons. The SMILES string of the molecule is CCCCC(CC)(NC(=O)OC(C)(C)C)C(=O)O. The van der Waals surface area contributed by atoms with Gasteiger partial charge in [0.2, 0.25) is 0 Å². The van der Waals surface area contributed by atoms with Gasteiger partial charge >= 0.3 is 12.1 Å². The number of carboxylic acids is 1. The lowest BCUT2D eigenvalue weighted by molar-refractivity contribution is -0.145. The molecule has 1 unspecified atom stereocenters. The molecule has 0 spiro atoms. The molecular formula is C13H25NO4. The topological polar surface area (TPSA) is 75.6 Å². The van der Waals surface area contributed by atoms with E-state index in [2.05, 4.69) is 5.32 Å². The van der Waals surface area contributed by atoms with Gasteiger partial charge in [-0.1, -0.05) is 26.7 Å². The van der Waals surface area contributed by atoms with Crippen molar-refractivity contribution in [3.05, 3.63) is 0 Å². The van der Waals surface area contributed by atoms with Crippen molar-refractivity contribution < 1.29 is 19.4 Å². The molecule has 0 aliphatic rings. The first-order valence-corrected chi connectivity index (χ1v) is 6.41. The minimum Gasteiger partial charge on any atom is -0.480 e. The van der Waals surface area contributed by atoms with E-state index in [1.54, 1.807) is 27.7 Å². The average molecular weight is 259 g/mol. The van der Waals surface area contributed by atoms with Gasteiger partial charge in [0.15, 0.2) is 0 Å². The maximum atomic E-state index is 11.7. The number of alkyl carbamates (subject to hydrolysis) is 1. The van der Waals surface area contributed by atoms with E-state index in [1.807, 2.05) is 6.92 Å². The van der Waals surface area contributed by atoms with E-state index >= 15 is 0 Å². The Hall–Kier alpha value is -1.26. The fourth-order valence-corrected chi connectivity index (χ4v) is 1.62. The Bertz CT molecular complexity index is 296. The number of rotatable bonds is 6. The summed E-state index contributed by atoms with van der Waals surface area (Å²) in [6.45, 7) is 8.96. The Labute approximate surface area is 109 Å². The number of hydrogen-bond acceptors (Lipinski definition) is 3. The zero-order valence-electron chi connectivity index (χ0n) is 12.0. The predicted octanol–water partition coefficient (Wildman–Crippen LogP) is 2.93. The van der Waals surface area contributed by atoms with Crippen LogP contribution in [-0.2, 0) is 9.53 Å². The number of aliphatic carboxylic acids is 1. The van der Waals surface area contributed by atoms with Crippen LogP contribution in [0.1, 0.15) is 60.3 Å². The van der Waals surface area contributed by atoms with Crippen molar-refractivity contribution in [2.75, 3.05) is 0 Å². The molecule has 0 bridgehead atoms. The highest BCUT2D eigenvalue weighted by atomic mass is 16.6. The highest BCUT2D eigenvalue weighted by Gasteiger charge is 2.38. The molecular weight excluding hydrogens is 234 g/mol. The molecule has 5 nitrogen and oxygen atoms in total. The summed E-state index contributed by atoms with van der Waals surface area (Å²) < 4.78 is 5.11. The summed E-state index contributed by atoms with van der Waals surface area (Å²) in [6.07, 6.45) is 1.69. The highest BCUT2D eigenvalue weighted by molar-refractivity contribution is 5.84. The van der Waals surface area contributed by atoms with Crippen molar-refractivity contribution in [2.45, 2.75) is 71.4 Å². The van der Waals surface area contributed by atoms with E-state index in [1.165, 1.54) is 0 Å². The fourth-order valence-electron chi connectivity index (χ4n) is 1.62. The van der Waals surface area contributed by atoms with Crippen LogP contribution >= 0.6 is 0 Å². The predicted molar refractivity (Wildman–Crippen MR) is 69.6 cm³/mol. The number of nitrogens with one attached hydrogen (secondary N) is 1. The Morgan fingerprint density at radius 1 is 1.22 bits per heavy atom. The lowest BCUT2D eigenvalue weighted by Crippen LogP contribution is -2.55. The summed E-state index contributed by atoms with van der Waals surface area (Å²) in [5, 5.41) is 11.8. The van der Waals surface area contributed by atoms with Gasteiger partial charge in [0.05, 0.1) is 0 Å². The number of carboxylic acid groups (broad SMARTS) is 1. The van der Waals surface area contributed by atoms with Crippen molar-refractivity contribution in [1.29, 1.82) is 0 Å². The second-order valence-electron chi connectivity index (χ2n) is 5.47. The summed E-state index contributed by atoms with van der Waals surface area (Å²) >= 11 is 0. The zero-order chi connectivity index (χ0) is 14.4. The largest absolute Gasteiger partial charge is 0.480 e. The van der Waals surface area contributed by atoms with Crippen molar-refractivity contribution in [3.8, 4) is 0 Å². The molecule has 0 saturated heterocycles. The second kappa shape index (κ2) is 6.61. The van der Waals surface area contributed by atoms with Crippen LogP contribution < -0.4 is 5.32 Å². The van der Waals surface area contributed by atoms with E-state index in [9.17, 15) is 14.7 Å². The third kappa shape index (κ3) is 5.38. The van der Waals surface area contributed by atoms with Gasteiger partial charge in [-0.25, -0.2) is 9.59 Å². The monoisotopic (exact) mass is 259 g/mol. The van der Waals surface area contributed by atoms with E-state index in [0.717, 1.165) is 12.8 Å². The van der Waals surface area contributed by atoms with Gasteiger partial charge in [0.25, 0.3) is 0 Å². The fraction of sp³-hybridized carbons (Fsp3) is 0.846. The number of carbonyl (C=O) groups is 2. The number of amides is 1. The van der Waals surface area contributed by atoms with Crippen LogP contribution in [0, 0.1) is 0 Å². The number of unbranched alkanes of at least 4 members (excludes halogenated alkanes) is 1. The molecule has 0 aromatic heterocycles. The lowest BCUT2D eigenvalue weighted by atomic mass is 9.90. The van der Waals surface area contributed by atoms with Crippen LogP contribution in [0.4, 0.5) is 4.79 Å². The molecule has 18 heavy (non-hydrogen) atoms. The molecule has 0 fully saturated rings. The summed E-state index contributed by atoms with van der Waals surface area (Å²) in [6, 6.07) is 0. The minimum atomic E-state index is -1.22. The molecule has 2 N–H and O–H groups in total. The first-order chi connectivity index (χ1) is 8.17. The van der Waals surface area contributed by atoms with Crippen molar-refractivity contribution in [2.24, 2.45) is 0 Å². The van der Waals surface area contributed by atoms with E-state index < -0.39 is 23.2 Å². The average Bonchev–Trinajstić information content (AvgIpc) is 2.21. The van der Waals surface area contributed by atoms with Crippen LogP contribution in [-0.4, -0.2) is 28.3 Å². The summed E-state index contributed by atoms with van der Waals surface area (Å²) in [5.41, 5.74) is -1.86. The highest BCUT2D eigenvalue weighted by Crippen LogP contribution is 2.20. The van der Waals surface area contributed by atoms with Gasteiger partial charge in [-0.3, -0.25) is 0 Å². The quantitative estimate of drug-likeness (QED) is 0.769.